The molecule has 3 rings (SSSR count). The minimum Gasteiger partial charge on any atom is -0.497 e. The Morgan fingerprint density at radius 3 is 2.36 bits per heavy atom. The number of nitrogens with zero attached hydrogens (tertiary/aromatic N) is 2. The van der Waals surface area contributed by atoms with Gasteiger partial charge in [0.1, 0.15) is 5.75 Å². The summed E-state index contributed by atoms with van der Waals surface area (Å²) in [5.74, 6) is 0.905. The second-order valence-corrected chi connectivity index (χ2v) is 5.59. The summed E-state index contributed by atoms with van der Waals surface area (Å²) in [6.45, 7) is 3.65. The van der Waals surface area contributed by atoms with Gasteiger partial charge >= 0.3 is 5.97 Å². The number of rotatable bonds is 5. The number of methoxy groups -OCH3 is 1. The van der Waals surface area contributed by atoms with Crippen molar-refractivity contribution < 1.29 is 18.7 Å². The van der Waals surface area contributed by atoms with Crippen molar-refractivity contribution in [3.63, 3.8) is 0 Å². The van der Waals surface area contributed by atoms with Crippen molar-refractivity contribution in [2.24, 2.45) is 0 Å². The maximum atomic E-state index is 12.2. The molecule has 0 saturated heterocycles. The zero-order chi connectivity index (χ0) is 17.8. The van der Waals surface area contributed by atoms with Gasteiger partial charge in [-0.05, 0) is 50.2 Å². The first-order chi connectivity index (χ1) is 12.1. The molecule has 0 spiro atoms. The molecule has 0 N–H and O–H groups in total. The molecule has 25 heavy (non-hydrogen) atoms. The van der Waals surface area contributed by atoms with Gasteiger partial charge in [0.2, 0.25) is 5.89 Å². The Labute approximate surface area is 145 Å². The molecule has 6 heteroatoms. The third-order valence-electron chi connectivity index (χ3n) is 3.70. The van der Waals surface area contributed by atoms with E-state index in [1.807, 2.05) is 31.2 Å². The lowest BCUT2D eigenvalue weighted by molar-refractivity contribution is 0.0280. The molecule has 0 aliphatic rings. The first-order valence-electron chi connectivity index (χ1n) is 7.82. The summed E-state index contributed by atoms with van der Waals surface area (Å²) in [5.41, 5.74) is 2.31. The van der Waals surface area contributed by atoms with E-state index >= 15 is 0 Å². The Morgan fingerprint density at radius 1 is 1.04 bits per heavy atom. The second kappa shape index (κ2) is 7.17. The van der Waals surface area contributed by atoms with Gasteiger partial charge in [-0.3, -0.25) is 0 Å². The number of carbonyl (C=O) groups is 1. The summed E-state index contributed by atoms with van der Waals surface area (Å²) in [5, 5.41) is 7.98. The standard InChI is InChI=1S/C19H18N2O4/c1-12-4-6-15(7-5-12)19(22)24-13(2)17-20-21-18(25-17)14-8-10-16(23-3)11-9-14/h4-11,13H,1-3H3/t13-/m0/s1. The van der Waals surface area contributed by atoms with Crippen LogP contribution in [0.15, 0.2) is 52.9 Å². The van der Waals surface area contributed by atoms with Gasteiger partial charge in [0, 0.05) is 5.56 Å². The summed E-state index contributed by atoms with van der Waals surface area (Å²) in [6.07, 6.45) is -0.645. The fourth-order valence-electron chi connectivity index (χ4n) is 2.22. The molecule has 128 valence electrons. The number of benzene rings is 2. The van der Waals surface area contributed by atoms with E-state index in [0.717, 1.165) is 16.9 Å². The molecule has 3 aromatic rings. The van der Waals surface area contributed by atoms with Crippen molar-refractivity contribution in [2.75, 3.05) is 7.11 Å². The lowest BCUT2D eigenvalue weighted by Gasteiger charge is -2.09. The zero-order valence-corrected chi connectivity index (χ0v) is 14.2. The summed E-state index contributed by atoms with van der Waals surface area (Å²) in [4.78, 5) is 12.2. The van der Waals surface area contributed by atoms with Crippen molar-refractivity contribution in [3.05, 3.63) is 65.5 Å². The van der Waals surface area contributed by atoms with Crippen LogP contribution in [0.5, 0.6) is 5.75 Å². The monoisotopic (exact) mass is 338 g/mol. The third-order valence-corrected chi connectivity index (χ3v) is 3.70. The fourth-order valence-corrected chi connectivity index (χ4v) is 2.22. The Balaban J connectivity index is 1.70. The molecule has 0 fully saturated rings. The maximum Gasteiger partial charge on any atom is 0.338 e. The average molecular weight is 338 g/mol. The first kappa shape index (κ1) is 16.7. The van der Waals surface area contributed by atoms with Crippen molar-refractivity contribution in [1.29, 1.82) is 0 Å². The molecule has 0 aliphatic heterocycles. The van der Waals surface area contributed by atoms with Gasteiger partial charge in [0.05, 0.1) is 12.7 Å². The van der Waals surface area contributed by atoms with E-state index in [2.05, 4.69) is 10.2 Å². The lowest BCUT2D eigenvalue weighted by atomic mass is 10.1. The number of hydrogen-bond donors (Lipinski definition) is 0. The quantitative estimate of drug-likeness (QED) is 0.655. The molecule has 0 radical (unpaired) electrons. The van der Waals surface area contributed by atoms with E-state index in [0.29, 0.717) is 11.5 Å². The largest absolute Gasteiger partial charge is 0.497 e. The lowest BCUT2D eigenvalue weighted by Crippen LogP contribution is -2.09. The first-order valence-corrected chi connectivity index (χ1v) is 7.82. The van der Waals surface area contributed by atoms with Crippen LogP contribution in [0.1, 0.15) is 34.8 Å². The molecule has 1 aromatic heterocycles. The molecular formula is C19H18N2O4. The molecule has 0 saturated carbocycles. The fraction of sp³-hybridized carbons (Fsp3) is 0.211. The van der Waals surface area contributed by atoms with Gasteiger partial charge in [-0.15, -0.1) is 10.2 Å². The SMILES string of the molecule is COc1ccc(-c2nnc([C@H](C)OC(=O)c3ccc(C)cc3)o2)cc1. The van der Waals surface area contributed by atoms with Crippen molar-refractivity contribution >= 4 is 5.97 Å². The van der Waals surface area contributed by atoms with E-state index in [4.69, 9.17) is 13.9 Å². The number of hydrogen-bond acceptors (Lipinski definition) is 6. The summed E-state index contributed by atoms with van der Waals surface area (Å²) in [6, 6.07) is 14.4. The summed E-state index contributed by atoms with van der Waals surface area (Å²) < 4.78 is 16.1. The van der Waals surface area contributed by atoms with Crippen LogP contribution in [0, 0.1) is 6.92 Å². The van der Waals surface area contributed by atoms with Crippen molar-refractivity contribution in [3.8, 4) is 17.2 Å². The predicted octanol–water partition coefficient (Wildman–Crippen LogP) is 3.97. The van der Waals surface area contributed by atoms with Crippen LogP contribution >= 0.6 is 0 Å². The van der Waals surface area contributed by atoms with Crippen LogP contribution in [0.2, 0.25) is 0 Å². The van der Waals surface area contributed by atoms with Gasteiger partial charge in [-0.2, -0.15) is 0 Å². The van der Waals surface area contributed by atoms with Crippen molar-refractivity contribution in [1.82, 2.24) is 10.2 Å². The molecule has 1 heterocycles. The Kier molecular flexibility index (Phi) is 4.79. The van der Waals surface area contributed by atoms with Crippen molar-refractivity contribution in [2.45, 2.75) is 20.0 Å². The number of aromatic nitrogens is 2. The van der Waals surface area contributed by atoms with Gasteiger partial charge in [0.15, 0.2) is 6.10 Å². The highest BCUT2D eigenvalue weighted by Crippen LogP contribution is 2.24. The number of carbonyl (C=O) groups excluding carboxylic acids is 1. The minimum atomic E-state index is -0.645. The van der Waals surface area contributed by atoms with Crippen LogP contribution in [-0.2, 0) is 4.74 Å². The summed E-state index contributed by atoms with van der Waals surface area (Å²) >= 11 is 0. The number of ether oxygens (including phenoxy) is 2. The number of aryl methyl sites for hydroxylation is 1. The molecule has 0 unspecified atom stereocenters. The molecular weight excluding hydrogens is 320 g/mol. The third kappa shape index (κ3) is 3.85. The van der Waals surface area contributed by atoms with E-state index < -0.39 is 12.1 Å². The second-order valence-electron chi connectivity index (χ2n) is 5.59. The van der Waals surface area contributed by atoms with E-state index in [1.165, 1.54) is 0 Å². The van der Waals surface area contributed by atoms with E-state index in [1.54, 1.807) is 38.3 Å². The molecule has 6 nitrogen and oxygen atoms in total. The molecule has 1 atom stereocenters. The average Bonchev–Trinajstić information content (AvgIpc) is 3.12. The van der Waals surface area contributed by atoms with Crippen LogP contribution < -0.4 is 4.74 Å². The van der Waals surface area contributed by atoms with E-state index in [9.17, 15) is 4.79 Å². The molecule has 0 amide bonds. The molecule has 0 aliphatic carbocycles. The normalized spacial score (nSPS) is 11.8. The highest BCUT2D eigenvalue weighted by atomic mass is 16.6. The van der Waals surface area contributed by atoms with Gasteiger partial charge in [-0.1, -0.05) is 17.7 Å². The van der Waals surface area contributed by atoms with Crippen LogP contribution in [0.25, 0.3) is 11.5 Å². The zero-order valence-electron chi connectivity index (χ0n) is 14.2. The van der Waals surface area contributed by atoms with E-state index in [-0.39, 0.29) is 5.89 Å². The van der Waals surface area contributed by atoms with Gasteiger partial charge in [-0.25, -0.2) is 4.79 Å². The minimum absolute atomic E-state index is 0.242. The smallest absolute Gasteiger partial charge is 0.338 e. The number of esters is 1. The van der Waals surface area contributed by atoms with Gasteiger partial charge in [0.25, 0.3) is 5.89 Å². The topological polar surface area (TPSA) is 74.5 Å². The predicted molar refractivity (Wildman–Crippen MR) is 91.3 cm³/mol. The Bertz CT molecular complexity index is 854. The van der Waals surface area contributed by atoms with Crippen LogP contribution in [-0.4, -0.2) is 23.3 Å². The van der Waals surface area contributed by atoms with Gasteiger partial charge < -0.3 is 13.9 Å². The summed E-state index contributed by atoms with van der Waals surface area (Å²) in [7, 11) is 1.60. The highest BCUT2D eigenvalue weighted by Gasteiger charge is 2.20. The highest BCUT2D eigenvalue weighted by molar-refractivity contribution is 5.89. The van der Waals surface area contributed by atoms with Crippen LogP contribution in [0.4, 0.5) is 0 Å². The molecule has 0 bridgehead atoms. The Morgan fingerprint density at radius 2 is 1.72 bits per heavy atom. The maximum absolute atomic E-state index is 12.2. The molecule has 2 aromatic carbocycles. The van der Waals surface area contributed by atoms with Crippen LogP contribution in [0.3, 0.4) is 0 Å². The Hall–Kier alpha value is -3.15.